The van der Waals surface area contributed by atoms with E-state index in [4.69, 9.17) is 0 Å². The van der Waals surface area contributed by atoms with Crippen molar-refractivity contribution in [3.05, 3.63) is 42.5 Å². The maximum atomic E-state index is 4.17. The Morgan fingerprint density at radius 3 is 2.35 bits per heavy atom. The van der Waals surface area contributed by atoms with Crippen molar-refractivity contribution in [3.63, 3.8) is 0 Å². The molecule has 0 N–H and O–H groups in total. The van der Waals surface area contributed by atoms with E-state index in [-0.39, 0.29) is 0 Å². The first-order chi connectivity index (χ1) is 8.25. The van der Waals surface area contributed by atoms with Gasteiger partial charge in [-0.3, -0.25) is 0 Å². The minimum atomic E-state index is 0.610. The molecule has 0 unspecified atom stereocenters. The lowest BCUT2D eigenvalue weighted by molar-refractivity contribution is 0.643. The molecule has 0 aliphatic heterocycles. The van der Waals surface area contributed by atoms with E-state index in [1.54, 1.807) is 6.34 Å². The summed E-state index contributed by atoms with van der Waals surface area (Å²) in [7, 11) is 3.82. The normalized spacial score (nSPS) is 10.7. The number of benzene rings is 1. The molecule has 4 nitrogen and oxygen atoms in total. The molecule has 4 heteroatoms. The first-order valence-corrected chi connectivity index (χ1v) is 5.35. The van der Waals surface area contributed by atoms with Crippen LogP contribution in [0.15, 0.2) is 47.5 Å². The van der Waals surface area contributed by atoms with E-state index in [0.717, 1.165) is 11.3 Å². The first-order valence-electron chi connectivity index (χ1n) is 5.35. The Bertz CT molecular complexity index is 489. The minimum Gasteiger partial charge on any atom is -0.369 e. The zero-order valence-electron chi connectivity index (χ0n) is 9.91. The van der Waals surface area contributed by atoms with Gasteiger partial charge in [0.05, 0.1) is 12.0 Å². The van der Waals surface area contributed by atoms with E-state index >= 15 is 0 Å². The van der Waals surface area contributed by atoms with Crippen molar-refractivity contribution >= 4 is 12.2 Å². The lowest BCUT2D eigenvalue weighted by atomic mass is 10.1. The highest BCUT2D eigenvalue weighted by Crippen LogP contribution is 2.16. The Morgan fingerprint density at radius 2 is 1.76 bits per heavy atom. The van der Waals surface area contributed by atoms with Crippen molar-refractivity contribution in [2.24, 2.45) is 4.99 Å². The molecule has 0 bridgehead atoms. The zero-order chi connectivity index (χ0) is 12.1. The molecule has 86 valence electrons. The first kappa shape index (κ1) is 11.3. The van der Waals surface area contributed by atoms with Crippen molar-refractivity contribution in [1.82, 2.24) is 15.1 Å². The third-order valence-electron chi connectivity index (χ3n) is 2.14. The Morgan fingerprint density at radius 1 is 1.00 bits per heavy atom. The summed E-state index contributed by atoms with van der Waals surface area (Å²) in [4.78, 5) is 6.02. The van der Waals surface area contributed by atoms with Crippen LogP contribution in [0.5, 0.6) is 0 Å². The highest BCUT2D eigenvalue weighted by molar-refractivity contribution is 5.61. The number of aliphatic imine (C=N–C) groups is 1. The molecular weight excluding hydrogens is 212 g/mol. The van der Waals surface area contributed by atoms with E-state index in [9.17, 15) is 0 Å². The fourth-order valence-corrected chi connectivity index (χ4v) is 1.33. The van der Waals surface area contributed by atoms with Gasteiger partial charge >= 0.3 is 0 Å². The average Bonchev–Trinajstić information content (AvgIpc) is 2.38. The fraction of sp³-hybridized carbons (Fsp3) is 0.154. The van der Waals surface area contributed by atoms with Gasteiger partial charge in [0.15, 0.2) is 5.82 Å². The Hall–Kier alpha value is -2.23. The molecule has 0 aliphatic carbocycles. The highest BCUT2D eigenvalue weighted by atomic mass is 15.2. The quantitative estimate of drug-likeness (QED) is 0.596. The van der Waals surface area contributed by atoms with Crippen LogP contribution >= 0.6 is 0 Å². The van der Waals surface area contributed by atoms with Gasteiger partial charge in [0.25, 0.3) is 0 Å². The molecule has 1 aromatic carbocycles. The molecule has 2 rings (SSSR count). The fourth-order valence-electron chi connectivity index (χ4n) is 1.33. The SMILES string of the molecule is CN(C)C=Nc1ccc(-c2ccccc2)nn1. The van der Waals surface area contributed by atoms with Gasteiger partial charge in [0.2, 0.25) is 0 Å². The van der Waals surface area contributed by atoms with Crippen molar-refractivity contribution in [2.75, 3.05) is 14.1 Å². The van der Waals surface area contributed by atoms with Crippen molar-refractivity contribution < 1.29 is 0 Å². The second-order valence-corrected chi connectivity index (χ2v) is 3.85. The number of rotatable bonds is 3. The van der Waals surface area contributed by atoms with Crippen LogP contribution in [-0.4, -0.2) is 35.5 Å². The summed E-state index contributed by atoms with van der Waals surface area (Å²) in [5.74, 6) is 0.610. The van der Waals surface area contributed by atoms with Gasteiger partial charge in [-0.15, -0.1) is 10.2 Å². The van der Waals surface area contributed by atoms with E-state index < -0.39 is 0 Å². The van der Waals surface area contributed by atoms with Crippen LogP contribution in [0.4, 0.5) is 5.82 Å². The molecule has 1 aromatic heterocycles. The molecule has 0 amide bonds. The lowest BCUT2D eigenvalue weighted by Crippen LogP contribution is -2.07. The smallest absolute Gasteiger partial charge is 0.175 e. The molecule has 0 radical (unpaired) electrons. The third kappa shape index (κ3) is 3.11. The summed E-state index contributed by atoms with van der Waals surface area (Å²) in [6.45, 7) is 0. The summed E-state index contributed by atoms with van der Waals surface area (Å²) >= 11 is 0. The zero-order valence-corrected chi connectivity index (χ0v) is 9.91. The predicted octanol–water partition coefficient (Wildman–Crippen LogP) is 2.37. The maximum absolute atomic E-state index is 4.17. The van der Waals surface area contributed by atoms with Crippen LogP contribution in [-0.2, 0) is 0 Å². The highest BCUT2D eigenvalue weighted by Gasteiger charge is 1.98. The van der Waals surface area contributed by atoms with Gasteiger partial charge in [0.1, 0.15) is 0 Å². The van der Waals surface area contributed by atoms with E-state index in [1.165, 1.54) is 0 Å². The molecule has 0 saturated heterocycles. The molecule has 0 aliphatic rings. The van der Waals surface area contributed by atoms with Gasteiger partial charge < -0.3 is 4.90 Å². The predicted molar refractivity (Wildman–Crippen MR) is 69.3 cm³/mol. The molecule has 0 fully saturated rings. The van der Waals surface area contributed by atoms with Gasteiger partial charge in [-0.25, -0.2) is 4.99 Å². The monoisotopic (exact) mass is 226 g/mol. The van der Waals surface area contributed by atoms with E-state index in [1.807, 2.05) is 61.5 Å². The minimum absolute atomic E-state index is 0.610. The van der Waals surface area contributed by atoms with E-state index in [2.05, 4.69) is 15.2 Å². The van der Waals surface area contributed by atoms with Crippen molar-refractivity contribution in [3.8, 4) is 11.3 Å². The summed E-state index contributed by atoms with van der Waals surface area (Å²) in [6.07, 6.45) is 1.70. The summed E-state index contributed by atoms with van der Waals surface area (Å²) < 4.78 is 0. The molecule has 0 spiro atoms. The molecule has 0 saturated carbocycles. The second-order valence-electron chi connectivity index (χ2n) is 3.85. The molecule has 2 aromatic rings. The number of hydrogen-bond acceptors (Lipinski definition) is 3. The molecule has 1 heterocycles. The van der Waals surface area contributed by atoms with Crippen LogP contribution < -0.4 is 0 Å². The molecular formula is C13H14N4. The number of nitrogens with zero attached hydrogens (tertiary/aromatic N) is 4. The topological polar surface area (TPSA) is 41.4 Å². The second kappa shape index (κ2) is 5.21. The summed E-state index contributed by atoms with van der Waals surface area (Å²) in [6, 6.07) is 13.7. The van der Waals surface area contributed by atoms with Gasteiger partial charge in [0, 0.05) is 19.7 Å². The molecule has 0 atom stereocenters. The largest absolute Gasteiger partial charge is 0.369 e. The van der Waals surface area contributed by atoms with Crippen molar-refractivity contribution in [1.29, 1.82) is 0 Å². The van der Waals surface area contributed by atoms with Crippen LogP contribution in [0, 0.1) is 0 Å². The summed E-state index contributed by atoms with van der Waals surface area (Å²) in [5, 5.41) is 8.20. The third-order valence-corrected chi connectivity index (χ3v) is 2.14. The maximum Gasteiger partial charge on any atom is 0.175 e. The van der Waals surface area contributed by atoms with Crippen LogP contribution in [0.3, 0.4) is 0 Å². The average molecular weight is 226 g/mol. The van der Waals surface area contributed by atoms with Crippen molar-refractivity contribution in [2.45, 2.75) is 0 Å². The lowest BCUT2D eigenvalue weighted by Gasteiger charge is -2.02. The van der Waals surface area contributed by atoms with Gasteiger partial charge in [-0.05, 0) is 12.1 Å². The number of aromatic nitrogens is 2. The van der Waals surface area contributed by atoms with Crippen LogP contribution in [0.1, 0.15) is 0 Å². The Labute approximate surface area is 101 Å². The van der Waals surface area contributed by atoms with E-state index in [0.29, 0.717) is 5.82 Å². The van der Waals surface area contributed by atoms with Crippen LogP contribution in [0.25, 0.3) is 11.3 Å². The number of hydrogen-bond donors (Lipinski definition) is 0. The van der Waals surface area contributed by atoms with Crippen LogP contribution in [0.2, 0.25) is 0 Å². The summed E-state index contributed by atoms with van der Waals surface area (Å²) in [5.41, 5.74) is 1.91. The Balaban J connectivity index is 2.19. The van der Waals surface area contributed by atoms with Gasteiger partial charge in [-0.1, -0.05) is 30.3 Å². The Kier molecular flexibility index (Phi) is 3.45. The molecule has 17 heavy (non-hydrogen) atoms. The standard InChI is InChI=1S/C13H14N4/c1-17(2)10-14-13-9-8-12(15-16-13)11-6-4-3-5-7-11/h3-10H,1-2H3. The van der Waals surface area contributed by atoms with Gasteiger partial charge in [-0.2, -0.15) is 0 Å².